The number of nitrogens with zero attached hydrogens (tertiary/aromatic N) is 1. The molecule has 0 unspecified atom stereocenters. The van der Waals surface area contributed by atoms with Gasteiger partial charge in [0.2, 0.25) is 5.91 Å². The van der Waals surface area contributed by atoms with Crippen molar-refractivity contribution in [3.63, 3.8) is 0 Å². The van der Waals surface area contributed by atoms with Crippen LogP contribution in [0.25, 0.3) is 0 Å². The van der Waals surface area contributed by atoms with Crippen molar-refractivity contribution >= 4 is 23.4 Å². The SMILES string of the molecule is CCCCNC(=O)[C@@H](C)N(Cc1cccc(Cl)c1)C(=O)COc1ccc(CC)cc1. The number of ether oxygens (including phenoxy) is 1. The van der Waals surface area contributed by atoms with E-state index in [0.29, 0.717) is 17.3 Å². The number of amides is 2. The summed E-state index contributed by atoms with van der Waals surface area (Å²) in [6, 6.07) is 14.3. The summed E-state index contributed by atoms with van der Waals surface area (Å²) in [5, 5.41) is 3.49. The molecule has 30 heavy (non-hydrogen) atoms. The van der Waals surface area contributed by atoms with Gasteiger partial charge in [0.05, 0.1) is 0 Å². The van der Waals surface area contributed by atoms with E-state index in [1.807, 2.05) is 36.4 Å². The van der Waals surface area contributed by atoms with E-state index in [9.17, 15) is 9.59 Å². The zero-order valence-electron chi connectivity index (χ0n) is 18.0. The summed E-state index contributed by atoms with van der Waals surface area (Å²) in [6.45, 7) is 6.62. The Balaban J connectivity index is 2.09. The van der Waals surface area contributed by atoms with Gasteiger partial charge in [0.15, 0.2) is 6.61 Å². The number of rotatable bonds is 11. The average Bonchev–Trinajstić information content (AvgIpc) is 2.75. The molecule has 1 atom stereocenters. The van der Waals surface area contributed by atoms with Crippen LogP contribution in [-0.4, -0.2) is 35.9 Å². The van der Waals surface area contributed by atoms with Crippen molar-refractivity contribution < 1.29 is 14.3 Å². The second kappa shape index (κ2) is 12.2. The van der Waals surface area contributed by atoms with Crippen molar-refractivity contribution in [3.05, 3.63) is 64.7 Å². The highest BCUT2D eigenvalue weighted by atomic mass is 35.5. The van der Waals surface area contributed by atoms with Crippen LogP contribution in [0.2, 0.25) is 5.02 Å². The number of benzene rings is 2. The second-order valence-corrected chi connectivity index (χ2v) is 7.69. The molecule has 1 N–H and O–H groups in total. The molecule has 2 rings (SSSR count). The molecule has 6 heteroatoms. The zero-order valence-corrected chi connectivity index (χ0v) is 18.7. The third-order valence-electron chi connectivity index (χ3n) is 4.93. The highest BCUT2D eigenvalue weighted by molar-refractivity contribution is 6.30. The number of hydrogen-bond acceptors (Lipinski definition) is 3. The molecule has 162 valence electrons. The van der Waals surface area contributed by atoms with Crippen molar-refractivity contribution in [2.24, 2.45) is 0 Å². The van der Waals surface area contributed by atoms with Crippen molar-refractivity contribution in [1.82, 2.24) is 10.2 Å². The highest BCUT2D eigenvalue weighted by Crippen LogP contribution is 2.16. The first-order valence-corrected chi connectivity index (χ1v) is 10.9. The molecule has 5 nitrogen and oxygen atoms in total. The number of aryl methyl sites for hydroxylation is 1. The topological polar surface area (TPSA) is 58.6 Å². The fourth-order valence-corrected chi connectivity index (χ4v) is 3.21. The van der Waals surface area contributed by atoms with E-state index in [0.717, 1.165) is 24.8 Å². The molecule has 0 bridgehead atoms. The summed E-state index contributed by atoms with van der Waals surface area (Å²) in [7, 11) is 0. The standard InChI is InChI=1S/C24H31ClN2O3/c1-4-6-14-26-24(29)18(3)27(16-20-8-7-9-21(25)15-20)23(28)17-30-22-12-10-19(5-2)11-13-22/h7-13,15,18H,4-6,14,16-17H2,1-3H3,(H,26,29)/t18-/m1/s1. The zero-order chi connectivity index (χ0) is 21.9. The molecule has 0 fully saturated rings. The first-order chi connectivity index (χ1) is 14.4. The molecule has 2 amide bonds. The van der Waals surface area contributed by atoms with E-state index in [1.54, 1.807) is 19.1 Å². The number of halogens is 1. The van der Waals surface area contributed by atoms with E-state index < -0.39 is 6.04 Å². The fourth-order valence-electron chi connectivity index (χ4n) is 3.00. The Morgan fingerprint density at radius 2 is 1.83 bits per heavy atom. The van der Waals surface area contributed by atoms with Gasteiger partial charge in [-0.05, 0) is 55.2 Å². The number of hydrogen-bond donors (Lipinski definition) is 1. The maximum absolute atomic E-state index is 13.0. The van der Waals surface area contributed by atoms with Crippen molar-refractivity contribution in [1.29, 1.82) is 0 Å². The van der Waals surface area contributed by atoms with Gasteiger partial charge >= 0.3 is 0 Å². The predicted molar refractivity (Wildman–Crippen MR) is 121 cm³/mol. The van der Waals surface area contributed by atoms with Crippen LogP contribution < -0.4 is 10.1 Å². The maximum atomic E-state index is 13.0. The van der Waals surface area contributed by atoms with Crippen LogP contribution in [0.1, 0.15) is 44.7 Å². The van der Waals surface area contributed by atoms with Crippen LogP contribution in [0.4, 0.5) is 0 Å². The smallest absolute Gasteiger partial charge is 0.261 e. The Morgan fingerprint density at radius 3 is 2.47 bits per heavy atom. The molecule has 2 aromatic rings. The number of carbonyl (C=O) groups excluding carboxylic acids is 2. The number of carbonyl (C=O) groups is 2. The summed E-state index contributed by atoms with van der Waals surface area (Å²) in [6.07, 6.45) is 2.83. The molecular weight excluding hydrogens is 400 g/mol. The molecule has 0 radical (unpaired) electrons. The second-order valence-electron chi connectivity index (χ2n) is 7.26. The van der Waals surface area contributed by atoms with Crippen LogP contribution in [0, 0.1) is 0 Å². The maximum Gasteiger partial charge on any atom is 0.261 e. The van der Waals surface area contributed by atoms with Gasteiger partial charge in [0, 0.05) is 18.1 Å². The average molecular weight is 431 g/mol. The first kappa shape index (κ1) is 23.7. The van der Waals surface area contributed by atoms with Gasteiger partial charge in [-0.15, -0.1) is 0 Å². The first-order valence-electron chi connectivity index (χ1n) is 10.5. The van der Waals surface area contributed by atoms with Crippen LogP contribution in [0.5, 0.6) is 5.75 Å². The van der Waals surface area contributed by atoms with E-state index in [-0.39, 0.29) is 25.0 Å². The molecule has 0 aliphatic rings. The van der Waals surface area contributed by atoms with E-state index in [2.05, 4.69) is 19.2 Å². The molecule has 0 aliphatic carbocycles. The lowest BCUT2D eigenvalue weighted by Gasteiger charge is -2.28. The molecule has 0 heterocycles. The molecule has 0 aliphatic heterocycles. The lowest BCUT2D eigenvalue weighted by atomic mass is 10.1. The Hall–Kier alpha value is -2.53. The molecule has 2 aromatic carbocycles. The molecule has 0 saturated carbocycles. The van der Waals surface area contributed by atoms with Gasteiger partial charge in [-0.3, -0.25) is 9.59 Å². The van der Waals surface area contributed by atoms with Gasteiger partial charge < -0.3 is 15.0 Å². The molecule has 0 aromatic heterocycles. The lowest BCUT2D eigenvalue weighted by molar-refractivity contribution is -0.142. The minimum atomic E-state index is -0.626. The summed E-state index contributed by atoms with van der Waals surface area (Å²) in [5.41, 5.74) is 2.06. The van der Waals surface area contributed by atoms with Crippen LogP contribution >= 0.6 is 11.6 Å². The number of nitrogens with one attached hydrogen (secondary N) is 1. The summed E-state index contributed by atoms with van der Waals surface area (Å²) in [5.74, 6) is 0.196. The van der Waals surface area contributed by atoms with E-state index >= 15 is 0 Å². The monoisotopic (exact) mass is 430 g/mol. The van der Waals surface area contributed by atoms with Gasteiger partial charge in [0.25, 0.3) is 5.91 Å². The minimum Gasteiger partial charge on any atom is -0.484 e. The fraction of sp³-hybridized carbons (Fsp3) is 0.417. The summed E-state index contributed by atoms with van der Waals surface area (Å²) < 4.78 is 5.69. The van der Waals surface area contributed by atoms with Crippen molar-refractivity contribution in [2.75, 3.05) is 13.2 Å². The van der Waals surface area contributed by atoms with Gasteiger partial charge in [-0.25, -0.2) is 0 Å². The van der Waals surface area contributed by atoms with Crippen LogP contribution in [0.15, 0.2) is 48.5 Å². The Labute approximate surface area is 184 Å². The normalized spacial score (nSPS) is 11.6. The summed E-state index contributed by atoms with van der Waals surface area (Å²) >= 11 is 6.09. The molecule has 0 saturated heterocycles. The predicted octanol–water partition coefficient (Wildman–Crippen LogP) is 4.61. The minimum absolute atomic E-state index is 0.140. The summed E-state index contributed by atoms with van der Waals surface area (Å²) in [4.78, 5) is 27.1. The van der Waals surface area contributed by atoms with E-state index in [1.165, 1.54) is 10.5 Å². The van der Waals surface area contributed by atoms with Crippen molar-refractivity contribution in [2.45, 2.75) is 52.6 Å². The number of unbranched alkanes of at least 4 members (excludes halogenated alkanes) is 1. The van der Waals surface area contributed by atoms with Gasteiger partial charge in [-0.2, -0.15) is 0 Å². The van der Waals surface area contributed by atoms with Gasteiger partial charge in [0.1, 0.15) is 11.8 Å². The largest absolute Gasteiger partial charge is 0.484 e. The van der Waals surface area contributed by atoms with E-state index in [4.69, 9.17) is 16.3 Å². The van der Waals surface area contributed by atoms with Crippen molar-refractivity contribution in [3.8, 4) is 5.75 Å². The lowest BCUT2D eigenvalue weighted by Crippen LogP contribution is -2.49. The van der Waals surface area contributed by atoms with Crippen LogP contribution in [0.3, 0.4) is 0 Å². The highest BCUT2D eigenvalue weighted by Gasteiger charge is 2.26. The third-order valence-corrected chi connectivity index (χ3v) is 5.17. The Morgan fingerprint density at radius 1 is 1.10 bits per heavy atom. The van der Waals surface area contributed by atoms with Gasteiger partial charge in [-0.1, -0.05) is 56.1 Å². The molecular formula is C24H31ClN2O3. The Bertz CT molecular complexity index is 823. The van der Waals surface area contributed by atoms with Crippen LogP contribution in [-0.2, 0) is 22.6 Å². The third kappa shape index (κ3) is 7.38. The Kier molecular flexibility index (Phi) is 9.68. The molecule has 0 spiro atoms. The quantitative estimate of drug-likeness (QED) is 0.529.